The molecule has 1 aromatic carbocycles. The Labute approximate surface area is 177 Å². The SMILES string of the molecule is COCCOC(=O)OC1=C(C)NC(C)=C(c2nc(C)no2)C1c1cccc([N+](=O)[O-])c1. The molecule has 11 nitrogen and oxygen atoms in total. The highest BCUT2D eigenvalue weighted by molar-refractivity contribution is 5.76. The lowest BCUT2D eigenvalue weighted by Crippen LogP contribution is -2.27. The standard InChI is InChI=1S/C20H22N4O7/c1-11-16(19-22-13(3)23-31-19)17(14-6-5-7-15(10-14)24(26)27)18(12(2)21-11)30-20(25)29-9-8-28-4/h5-7,10,17,21H,8-9H2,1-4H3. The molecule has 1 N–H and O–H groups in total. The summed E-state index contributed by atoms with van der Waals surface area (Å²) in [6, 6.07) is 6.06. The number of carbonyl (C=O) groups is 1. The molecular weight excluding hydrogens is 408 g/mol. The number of aryl methyl sites for hydroxylation is 1. The topological polar surface area (TPSA) is 139 Å². The van der Waals surface area contributed by atoms with Gasteiger partial charge in [-0.1, -0.05) is 17.3 Å². The first-order valence-electron chi connectivity index (χ1n) is 9.39. The van der Waals surface area contributed by atoms with Crippen LogP contribution in [0.4, 0.5) is 10.5 Å². The fraction of sp³-hybridized carbons (Fsp3) is 0.350. The second kappa shape index (κ2) is 9.39. The number of dihydropyridines is 1. The summed E-state index contributed by atoms with van der Waals surface area (Å²) >= 11 is 0. The van der Waals surface area contributed by atoms with Crippen LogP contribution in [0.25, 0.3) is 5.57 Å². The van der Waals surface area contributed by atoms with E-state index in [2.05, 4.69) is 15.5 Å². The first-order valence-corrected chi connectivity index (χ1v) is 9.39. The highest BCUT2D eigenvalue weighted by atomic mass is 16.7. The van der Waals surface area contributed by atoms with Gasteiger partial charge in [0.1, 0.15) is 12.4 Å². The van der Waals surface area contributed by atoms with Crippen LogP contribution < -0.4 is 5.32 Å². The summed E-state index contributed by atoms with van der Waals surface area (Å²) in [6.45, 7) is 5.43. The third-order valence-electron chi connectivity index (χ3n) is 4.57. The molecule has 1 aliphatic heterocycles. The summed E-state index contributed by atoms with van der Waals surface area (Å²) < 4.78 is 20.8. The van der Waals surface area contributed by atoms with Gasteiger partial charge in [-0.25, -0.2) is 4.79 Å². The third-order valence-corrected chi connectivity index (χ3v) is 4.57. The van der Waals surface area contributed by atoms with Crippen LogP contribution in [0.15, 0.2) is 45.9 Å². The number of rotatable bonds is 7. The summed E-state index contributed by atoms with van der Waals surface area (Å²) in [7, 11) is 1.48. The number of hydrogen-bond donors (Lipinski definition) is 1. The van der Waals surface area contributed by atoms with Gasteiger partial charge in [0.25, 0.3) is 11.6 Å². The summed E-state index contributed by atoms with van der Waals surface area (Å²) in [5.74, 6) is 0.108. The molecule has 31 heavy (non-hydrogen) atoms. The molecule has 0 aliphatic carbocycles. The first-order chi connectivity index (χ1) is 14.8. The van der Waals surface area contributed by atoms with Crippen molar-refractivity contribution in [2.24, 2.45) is 0 Å². The second-order valence-corrected chi connectivity index (χ2v) is 6.78. The number of allylic oxidation sites excluding steroid dienone is 3. The molecule has 0 saturated carbocycles. The summed E-state index contributed by atoms with van der Waals surface area (Å²) in [5, 5.41) is 18.3. The van der Waals surface area contributed by atoms with Crippen molar-refractivity contribution in [1.82, 2.24) is 15.5 Å². The van der Waals surface area contributed by atoms with Crippen LogP contribution in [0.2, 0.25) is 0 Å². The summed E-state index contributed by atoms with van der Waals surface area (Å²) in [6.07, 6.45) is -0.927. The lowest BCUT2D eigenvalue weighted by molar-refractivity contribution is -0.384. The van der Waals surface area contributed by atoms with Crippen molar-refractivity contribution in [1.29, 1.82) is 0 Å². The number of nitrogens with one attached hydrogen (secondary N) is 1. The van der Waals surface area contributed by atoms with Crippen molar-refractivity contribution in [2.45, 2.75) is 26.7 Å². The van der Waals surface area contributed by atoms with Crippen molar-refractivity contribution < 1.29 is 28.5 Å². The molecule has 0 amide bonds. The third kappa shape index (κ3) is 4.89. The van der Waals surface area contributed by atoms with Crippen LogP contribution in [0.5, 0.6) is 0 Å². The van der Waals surface area contributed by atoms with E-state index in [9.17, 15) is 14.9 Å². The molecule has 164 valence electrons. The van der Waals surface area contributed by atoms with Crippen LogP contribution in [-0.4, -0.2) is 41.5 Å². The minimum Gasteiger partial charge on any atom is -0.432 e. The zero-order valence-corrected chi connectivity index (χ0v) is 17.5. The van der Waals surface area contributed by atoms with Crippen molar-refractivity contribution >= 4 is 17.4 Å². The maximum Gasteiger partial charge on any atom is 0.513 e. The van der Waals surface area contributed by atoms with Crippen LogP contribution >= 0.6 is 0 Å². The Kier molecular flexibility index (Phi) is 6.65. The van der Waals surface area contributed by atoms with Crippen LogP contribution in [0.1, 0.15) is 37.0 Å². The molecule has 1 unspecified atom stereocenters. The van der Waals surface area contributed by atoms with Gasteiger partial charge in [0.15, 0.2) is 5.82 Å². The number of non-ortho nitro benzene ring substituents is 1. The van der Waals surface area contributed by atoms with Gasteiger partial charge in [-0.3, -0.25) is 10.1 Å². The van der Waals surface area contributed by atoms with Gasteiger partial charge in [0.05, 0.1) is 28.7 Å². The molecule has 0 fully saturated rings. The van der Waals surface area contributed by atoms with E-state index in [4.69, 9.17) is 18.7 Å². The Hall–Kier alpha value is -3.73. The van der Waals surface area contributed by atoms with Gasteiger partial charge in [-0.05, 0) is 26.3 Å². The molecule has 1 aromatic heterocycles. The number of nitro benzene ring substituents is 1. The van der Waals surface area contributed by atoms with E-state index in [-0.39, 0.29) is 30.6 Å². The van der Waals surface area contributed by atoms with Crippen LogP contribution in [-0.2, 0) is 14.2 Å². The fourth-order valence-electron chi connectivity index (χ4n) is 3.26. The van der Waals surface area contributed by atoms with E-state index in [0.717, 1.165) is 0 Å². The predicted molar refractivity (Wildman–Crippen MR) is 108 cm³/mol. The molecule has 2 aromatic rings. The minimum absolute atomic E-state index is 0.0150. The number of nitrogens with zero attached hydrogens (tertiary/aromatic N) is 3. The average molecular weight is 430 g/mol. The lowest BCUT2D eigenvalue weighted by Gasteiger charge is -2.29. The van der Waals surface area contributed by atoms with Gasteiger partial charge in [0.2, 0.25) is 0 Å². The van der Waals surface area contributed by atoms with Gasteiger partial charge in [0, 0.05) is 24.9 Å². The van der Waals surface area contributed by atoms with Gasteiger partial charge >= 0.3 is 6.16 Å². The molecule has 2 heterocycles. The molecule has 1 atom stereocenters. The Morgan fingerprint density at radius 3 is 2.68 bits per heavy atom. The van der Waals surface area contributed by atoms with Crippen molar-refractivity contribution in [2.75, 3.05) is 20.3 Å². The fourth-order valence-corrected chi connectivity index (χ4v) is 3.26. The number of hydrogen-bond acceptors (Lipinski definition) is 10. The normalized spacial score (nSPS) is 16.2. The molecule has 3 rings (SSSR count). The van der Waals surface area contributed by atoms with Crippen molar-refractivity contribution in [3.8, 4) is 0 Å². The van der Waals surface area contributed by atoms with Gasteiger partial charge < -0.3 is 24.1 Å². The van der Waals surface area contributed by atoms with E-state index < -0.39 is 17.0 Å². The van der Waals surface area contributed by atoms with E-state index >= 15 is 0 Å². The van der Waals surface area contributed by atoms with E-state index in [1.54, 1.807) is 32.9 Å². The van der Waals surface area contributed by atoms with Crippen molar-refractivity contribution in [3.05, 3.63) is 68.8 Å². The predicted octanol–water partition coefficient (Wildman–Crippen LogP) is 3.44. The number of aromatic nitrogens is 2. The van der Waals surface area contributed by atoms with E-state index in [1.165, 1.54) is 19.2 Å². The number of benzene rings is 1. The lowest BCUT2D eigenvalue weighted by atomic mass is 9.84. The maximum absolute atomic E-state index is 12.3. The monoisotopic (exact) mass is 430 g/mol. The minimum atomic E-state index is -0.927. The molecule has 0 saturated heterocycles. The van der Waals surface area contributed by atoms with Crippen LogP contribution in [0.3, 0.4) is 0 Å². The zero-order valence-electron chi connectivity index (χ0n) is 17.5. The second-order valence-electron chi connectivity index (χ2n) is 6.78. The maximum atomic E-state index is 12.3. The molecule has 0 spiro atoms. The Balaban J connectivity index is 2.07. The summed E-state index contributed by atoms with van der Waals surface area (Å²) in [4.78, 5) is 27.4. The Morgan fingerprint density at radius 2 is 2.03 bits per heavy atom. The number of ether oxygens (including phenoxy) is 3. The number of nitro groups is 1. The molecular formula is C20H22N4O7. The van der Waals surface area contributed by atoms with E-state index in [1.807, 2.05) is 0 Å². The number of carbonyl (C=O) groups excluding carboxylic acids is 1. The smallest absolute Gasteiger partial charge is 0.432 e. The average Bonchev–Trinajstić information content (AvgIpc) is 3.15. The van der Waals surface area contributed by atoms with Gasteiger partial charge in [-0.15, -0.1) is 0 Å². The molecule has 1 aliphatic rings. The molecule has 11 heteroatoms. The van der Waals surface area contributed by atoms with Crippen molar-refractivity contribution in [3.63, 3.8) is 0 Å². The summed E-state index contributed by atoms with van der Waals surface area (Å²) in [5.41, 5.74) is 2.16. The highest BCUT2D eigenvalue weighted by Gasteiger charge is 2.36. The van der Waals surface area contributed by atoms with E-state index in [0.29, 0.717) is 28.4 Å². The zero-order chi connectivity index (χ0) is 22.5. The van der Waals surface area contributed by atoms with Crippen LogP contribution in [0, 0.1) is 17.0 Å². The Morgan fingerprint density at radius 1 is 1.26 bits per heavy atom. The highest BCUT2D eigenvalue weighted by Crippen LogP contribution is 2.43. The molecule has 0 radical (unpaired) electrons. The molecule has 0 bridgehead atoms. The Bertz CT molecular complexity index is 1060. The quantitative estimate of drug-likeness (QED) is 0.301. The van der Waals surface area contributed by atoms with Gasteiger partial charge in [-0.2, -0.15) is 4.98 Å². The number of methoxy groups -OCH3 is 1. The first kappa shape index (κ1) is 22.0. The largest absolute Gasteiger partial charge is 0.513 e.